The molecule has 1 unspecified atom stereocenters. The predicted octanol–water partition coefficient (Wildman–Crippen LogP) is 2.26. The molecule has 19 heavy (non-hydrogen) atoms. The Bertz CT molecular complexity index is 336. The lowest BCUT2D eigenvalue weighted by Crippen LogP contribution is -2.34. The average Bonchev–Trinajstić information content (AvgIpc) is 2.47. The van der Waals surface area contributed by atoms with Gasteiger partial charge in [-0.2, -0.15) is 0 Å². The van der Waals surface area contributed by atoms with Crippen LogP contribution >= 0.6 is 0 Å². The van der Waals surface area contributed by atoms with Crippen LogP contribution in [0.1, 0.15) is 24.8 Å². The van der Waals surface area contributed by atoms with Gasteiger partial charge in [-0.1, -0.05) is 30.3 Å². The number of nitrogens with two attached hydrogens (primary N) is 1. The molecule has 3 nitrogen and oxygen atoms in total. The van der Waals surface area contributed by atoms with Crippen LogP contribution in [0.15, 0.2) is 30.3 Å². The largest absolute Gasteiger partial charge is 0.381 e. The lowest BCUT2D eigenvalue weighted by molar-refractivity contribution is 0.0371. The maximum atomic E-state index is 5.65. The van der Waals surface area contributed by atoms with Gasteiger partial charge in [0.15, 0.2) is 0 Å². The van der Waals surface area contributed by atoms with Gasteiger partial charge in [0.1, 0.15) is 0 Å². The Labute approximate surface area is 116 Å². The Morgan fingerprint density at radius 1 is 1.26 bits per heavy atom. The third kappa shape index (κ3) is 5.31. The van der Waals surface area contributed by atoms with E-state index in [0.717, 1.165) is 45.8 Å². The van der Waals surface area contributed by atoms with Crippen LogP contribution in [0.5, 0.6) is 0 Å². The highest BCUT2D eigenvalue weighted by atomic mass is 16.5. The lowest BCUT2D eigenvalue weighted by atomic mass is 10.0. The van der Waals surface area contributed by atoms with E-state index in [0.29, 0.717) is 5.92 Å². The summed E-state index contributed by atoms with van der Waals surface area (Å²) in [6.07, 6.45) is 3.58. The topological polar surface area (TPSA) is 38.5 Å². The lowest BCUT2D eigenvalue weighted by Gasteiger charge is -2.29. The summed E-state index contributed by atoms with van der Waals surface area (Å²) < 4.78 is 5.59. The average molecular weight is 262 g/mol. The van der Waals surface area contributed by atoms with E-state index < -0.39 is 0 Å². The van der Waals surface area contributed by atoms with Crippen LogP contribution in [0, 0.1) is 5.92 Å². The molecule has 2 N–H and O–H groups in total. The Morgan fingerprint density at radius 2 is 2.11 bits per heavy atom. The molecule has 1 heterocycles. The molecule has 0 amide bonds. The van der Waals surface area contributed by atoms with E-state index in [1.54, 1.807) is 0 Å². The first-order valence-electron chi connectivity index (χ1n) is 7.42. The zero-order chi connectivity index (χ0) is 13.3. The molecule has 1 saturated heterocycles. The highest BCUT2D eigenvalue weighted by molar-refractivity contribution is 5.14. The van der Waals surface area contributed by atoms with Crippen LogP contribution in [0.4, 0.5) is 0 Å². The second kappa shape index (κ2) is 8.31. The number of rotatable bonds is 7. The number of hydrogen-bond acceptors (Lipinski definition) is 3. The van der Waals surface area contributed by atoms with Crippen LogP contribution in [-0.2, 0) is 11.3 Å². The number of benzene rings is 1. The SMILES string of the molecule is NCCCN(Cc1ccccc1)CC1CCCOC1. The van der Waals surface area contributed by atoms with Crippen molar-refractivity contribution in [3.05, 3.63) is 35.9 Å². The summed E-state index contributed by atoms with van der Waals surface area (Å²) in [5, 5.41) is 0. The molecule has 0 aromatic heterocycles. The van der Waals surface area contributed by atoms with Crippen molar-refractivity contribution in [3.8, 4) is 0 Å². The molecule has 2 rings (SSSR count). The Hall–Kier alpha value is -0.900. The molecule has 0 radical (unpaired) electrons. The Kier molecular flexibility index (Phi) is 6.34. The Balaban J connectivity index is 1.87. The molecule has 1 aromatic carbocycles. The molecule has 0 spiro atoms. The maximum absolute atomic E-state index is 5.65. The number of ether oxygens (including phenoxy) is 1. The minimum atomic E-state index is 0.690. The van der Waals surface area contributed by atoms with Gasteiger partial charge in [0.2, 0.25) is 0 Å². The molecule has 1 fully saturated rings. The van der Waals surface area contributed by atoms with Gasteiger partial charge in [-0.05, 0) is 43.8 Å². The first kappa shape index (κ1) is 14.5. The zero-order valence-corrected chi connectivity index (χ0v) is 11.8. The highest BCUT2D eigenvalue weighted by Crippen LogP contribution is 2.16. The second-order valence-corrected chi connectivity index (χ2v) is 5.45. The van der Waals surface area contributed by atoms with Crippen LogP contribution in [-0.4, -0.2) is 37.7 Å². The van der Waals surface area contributed by atoms with E-state index in [4.69, 9.17) is 10.5 Å². The van der Waals surface area contributed by atoms with Crippen molar-refractivity contribution in [2.75, 3.05) is 32.8 Å². The summed E-state index contributed by atoms with van der Waals surface area (Å²) >= 11 is 0. The third-order valence-electron chi connectivity index (χ3n) is 3.70. The molecule has 0 saturated carbocycles. The van der Waals surface area contributed by atoms with E-state index in [9.17, 15) is 0 Å². The van der Waals surface area contributed by atoms with Gasteiger partial charge in [0.05, 0.1) is 6.61 Å². The molecular formula is C16H26N2O. The number of hydrogen-bond donors (Lipinski definition) is 1. The van der Waals surface area contributed by atoms with Crippen molar-refractivity contribution in [2.24, 2.45) is 11.7 Å². The van der Waals surface area contributed by atoms with Gasteiger partial charge in [-0.25, -0.2) is 0 Å². The van der Waals surface area contributed by atoms with Gasteiger partial charge in [-0.15, -0.1) is 0 Å². The van der Waals surface area contributed by atoms with Gasteiger partial charge < -0.3 is 10.5 Å². The summed E-state index contributed by atoms with van der Waals surface area (Å²) in [4.78, 5) is 2.53. The van der Waals surface area contributed by atoms with E-state index >= 15 is 0 Å². The van der Waals surface area contributed by atoms with E-state index in [2.05, 4.69) is 35.2 Å². The third-order valence-corrected chi connectivity index (χ3v) is 3.70. The minimum absolute atomic E-state index is 0.690. The minimum Gasteiger partial charge on any atom is -0.381 e. The predicted molar refractivity (Wildman–Crippen MR) is 78.9 cm³/mol. The molecule has 3 heteroatoms. The van der Waals surface area contributed by atoms with Crippen LogP contribution in [0.3, 0.4) is 0 Å². The fraction of sp³-hybridized carbons (Fsp3) is 0.625. The van der Waals surface area contributed by atoms with E-state index in [-0.39, 0.29) is 0 Å². The maximum Gasteiger partial charge on any atom is 0.0506 e. The van der Waals surface area contributed by atoms with Crippen molar-refractivity contribution in [1.29, 1.82) is 0 Å². The van der Waals surface area contributed by atoms with Gasteiger partial charge in [0.25, 0.3) is 0 Å². The van der Waals surface area contributed by atoms with Crippen molar-refractivity contribution in [3.63, 3.8) is 0 Å². The second-order valence-electron chi connectivity index (χ2n) is 5.45. The van der Waals surface area contributed by atoms with E-state index in [1.807, 2.05) is 0 Å². The summed E-state index contributed by atoms with van der Waals surface area (Å²) in [5.41, 5.74) is 7.04. The molecular weight excluding hydrogens is 236 g/mol. The zero-order valence-electron chi connectivity index (χ0n) is 11.8. The molecule has 0 bridgehead atoms. The molecule has 1 aliphatic rings. The van der Waals surface area contributed by atoms with Crippen molar-refractivity contribution in [2.45, 2.75) is 25.8 Å². The molecule has 106 valence electrons. The van der Waals surface area contributed by atoms with Crippen molar-refractivity contribution >= 4 is 0 Å². The summed E-state index contributed by atoms with van der Waals surface area (Å²) in [6, 6.07) is 10.7. The molecule has 1 atom stereocenters. The van der Waals surface area contributed by atoms with Crippen LogP contribution in [0.2, 0.25) is 0 Å². The standard InChI is InChI=1S/C16H26N2O/c17-9-5-10-18(12-15-6-2-1-3-7-15)13-16-8-4-11-19-14-16/h1-3,6-7,16H,4-5,8-14,17H2. The number of nitrogens with zero attached hydrogens (tertiary/aromatic N) is 1. The van der Waals surface area contributed by atoms with Crippen LogP contribution in [0.25, 0.3) is 0 Å². The normalized spacial score (nSPS) is 19.8. The van der Waals surface area contributed by atoms with Gasteiger partial charge in [0, 0.05) is 19.7 Å². The summed E-state index contributed by atoms with van der Waals surface area (Å²) in [5.74, 6) is 0.690. The quantitative estimate of drug-likeness (QED) is 0.819. The fourth-order valence-electron chi connectivity index (χ4n) is 2.71. The van der Waals surface area contributed by atoms with E-state index in [1.165, 1.54) is 18.4 Å². The monoisotopic (exact) mass is 262 g/mol. The molecule has 1 aromatic rings. The van der Waals surface area contributed by atoms with Crippen LogP contribution < -0.4 is 5.73 Å². The fourth-order valence-corrected chi connectivity index (χ4v) is 2.71. The summed E-state index contributed by atoms with van der Waals surface area (Å²) in [6.45, 7) is 5.88. The molecule has 0 aliphatic carbocycles. The summed E-state index contributed by atoms with van der Waals surface area (Å²) in [7, 11) is 0. The first-order valence-corrected chi connectivity index (χ1v) is 7.42. The smallest absolute Gasteiger partial charge is 0.0506 e. The molecule has 1 aliphatic heterocycles. The van der Waals surface area contributed by atoms with Crippen molar-refractivity contribution < 1.29 is 4.74 Å². The van der Waals surface area contributed by atoms with Gasteiger partial charge in [-0.3, -0.25) is 4.90 Å². The Morgan fingerprint density at radius 3 is 2.79 bits per heavy atom. The first-order chi connectivity index (χ1) is 9.38. The van der Waals surface area contributed by atoms with Crippen molar-refractivity contribution in [1.82, 2.24) is 4.90 Å². The van der Waals surface area contributed by atoms with Gasteiger partial charge >= 0.3 is 0 Å². The highest BCUT2D eigenvalue weighted by Gasteiger charge is 2.17.